The standard InChI is InChI=1S/C30H35BrN2O5/c1-2-19-14-23-27(24-16-26(38-30(19,24)37)22-15-20(31)8-9-25(22)34)29(36)33(28(23)35)21-10-12-32(13-11-21)17-18-6-4-3-5-7-18/h3-9,15,19,21,23-24,26-27,34,37H,2,10-14,16-17H2,1H3/t19-,23-,24-,26-,27-,30+/m0/s1. The SMILES string of the molecule is CC[C@H]1C[C@@H]2C(=O)N(C3CCN(Cc4ccccc4)CC3)C(=O)[C@@H]2[C@@H]2C[C@@H](c3cc(Br)ccc3O)O[C@]12O. The van der Waals surface area contributed by atoms with E-state index >= 15 is 0 Å². The van der Waals surface area contributed by atoms with Crippen molar-refractivity contribution in [2.24, 2.45) is 23.7 Å². The Bertz CT molecular complexity index is 1220. The minimum atomic E-state index is -1.50. The van der Waals surface area contributed by atoms with Gasteiger partial charge in [-0.05, 0) is 55.9 Å². The van der Waals surface area contributed by atoms with Crippen LogP contribution in [0.25, 0.3) is 0 Å². The van der Waals surface area contributed by atoms with Crippen LogP contribution in [-0.2, 0) is 20.9 Å². The predicted octanol–water partition coefficient (Wildman–Crippen LogP) is 4.62. The summed E-state index contributed by atoms with van der Waals surface area (Å²) in [5.41, 5.74) is 1.86. The summed E-state index contributed by atoms with van der Waals surface area (Å²) in [6.07, 6.45) is 2.46. The van der Waals surface area contributed by atoms with Crippen LogP contribution in [0.4, 0.5) is 0 Å². The number of benzene rings is 2. The van der Waals surface area contributed by atoms with E-state index in [1.807, 2.05) is 25.1 Å². The molecule has 3 aliphatic heterocycles. The van der Waals surface area contributed by atoms with Gasteiger partial charge in [0.25, 0.3) is 0 Å². The molecule has 0 unspecified atom stereocenters. The van der Waals surface area contributed by atoms with Crippen molar-refractivity contribution in [1.29, 1.82) is 0 Å². The molecule has 6 rings (SSSR count). The molecular formula is C30H35BrN2O5. The molecular weight excluding hydrogens is 548 g/mol. The summed E-state index contributed by atoms with van der Waals surface area (Å²) in [5, 5.41) is 22.4. The monoisotopic (exact) mass is 582 g/mol. The molecule has 6 atom stereocenters. The first-order valence-corrected chi connectivity index (χ1v) is 14.6. The number of carbonyl (C=O) groups excluding carboxylic acids is 2. The van der Waals surface area contributed by atoms with E-state index in [0.717, 1.165) is 36.9 Å². The van der Waals surface area contributed by atoms with Crippen LogP contribution in [0.5, 0.6) is 5.75 Å². The number of fused-ring (bicyclic) bond motifs is 3. The third kappa shape index (κ3) is 4.30. The minimum absolute atomic E-state index is 0.0734. The number of aliphatic hydroxyl groups is 1. The molecule has 2 aromatic rings. The number of nitrogens with zero attached hydrogens (tertiary/aromatic N) is 2. The van der Waals surface area contributed by atoms with E-state index < -0.39 is 29.6 Å². The Hall–Kier alpha value is -2.26. The van der Waals surface area contributed by atoms with Gasteiger partial charge in [0, 0.05) is 47.5 Å². The van der Waals surface area contributed by atoms with Gasteiger partial charge in [-0.2, -0.15) is 0 Å². The molecule has 3 saturated heterocycles. The molecule has 1 aliphatic carbocycles. The number of likely N-dealkylation sites (tertiary alicyclic amines) is 2. The number of phenols is 1. The third-order valence-corrected chi connectivity index (χ3v) is 9.89. The molecule has 4 aliphatic rings. The van der Waals surface area contributed by atoms with Crippen LogP contribution in [0.2, 0.25) is 0 Å². The Morgan fingerprint density at radius 3 is 2.50 bits per heavy atom. The summed E-state index contributed by atoms with van der Waals surface area (Å²) < 4.78 is 7.11. The summed E-state index contributed by atoms with van der Waals surface area (Å²) in [4.78, 5) is 31.6. The highest BCUT2D eigenvalue weighted by Crippen LogP contribution is 2.59. The molecule has 0 aromatic heterocycles. The second kappa shape index (κ2) is 10.0. The maximum atomic E-state index is 13.9. The number of hydrogen-bond donors (Lipinski definition) is 2. The van der Waals surface area contributed by atoms with Gasteiger partial charge in [-0.1, -0.05) is 53.2 Å². The van der Waals surface area contributed by atoms with Gasteiger partial charge in [-0.3, -0.25) is 19.4 Å². The van der Waals surface area contributed by atoms with Gasteiger partial charge in [0.15, 0.2) is 5.79 Å². The van der Waals surface area contributed by atoms with Crippen molar-refractivity contribution in [3.8, 4) is 5.75 Å². The van der Waals surface area contributed by atoms with Gasteiger partial charge >= 0.3 is 0 Å². The number of piperidine rings is 1. The van der Waals surface area contributed by atoms with Crippen LogP contribution in [-0.4, -0.2) is 56.7 Å². The molecule has 3 heterocycles. The van der Waals surface area contributed by atoms with Gasteiger partial charge in [0.05, 0.1) is 17.9 Å². The zero-order valence-corrected chi connectivity index (χ0v) is 23.2. The number of imide groups is 1. The lowest BCUT2D eigenvalue weighted by Crippen LogP contribution is -2.53. The fourth-order valence-electron chi connectivity index (χ4n) is 7.48. The maximum absolute atomic E-state index is 13.9. The van der Waals surface area contributed by atoms with Crippen molar-refractivity contribution in [1.82, 2.24) is 9.80 Å². The Morgan fingerprint density at radius 1 is 1.05 bits per heavy atom. The smallest absolute Gasteiger partial charge is 0.233 e. The van der Waals surface area contributed by atoms with E-state index in [2.05, 4.69) is 33.0 Å². The number of hydrogen-bond acceptors (Lipinski definition) is 6. The first-order chi connectivity index (χ1) is 18.3. The highest BCUT2D eigenvalue weighted by atomic mass is 79.9. The Balaban J connectivity index is 1.21. The molecule has 4 fully saturated rings. The Kier molecular flexibility index (Phi) is 6.87. The zero-order chi connectivity index (χ0) is 26.6. The fourth-order valence-corrected chi connectivity index (χ4v) is 7.86. The number of halogens is 1. The van der Waals surface area contributed by atoms with Gasteiger partial charge in [0.2, 0.25) is 11.8 Å². The number of ether oxygens (including phenoxy) is 1. The molecule has 2 N–H and O–H groups in total. The van der Waals surface area contributed by atoms with E-state index in [4.69, 9.17) is 4.74 Å². The van der Waals surface area contributed by atoms with Crippen molar-refractivity contribution in [2.45, 2.75) is 63.5 Å². The van der Waals surface area contributed by atoms with Crippen LogP contribution >= 0.6 is 15.9 Å². The molecule has 0 spiro atoms. The number of phenolic OH excluding ortho intramolecular Hbond substituents is 1. The van der Waals surface area contributed by atoms with E-state index in [9.17, 15) is 19.8 Å². The summed E-state index contributed by atoms with van der Waals surface area (Å²) in [5.74, 6) is -3.37. The summed E-state index contributed by atoms with van der Waals surface area (Å²) in [6, 6.07) is 15.4. The molecule has 7 nitrogen and oxygen atoms in total. The molecule has 8 heteroatoms. The van der Waals surface area contributed by atoms with Gasteiger partial charge in [-0.15, -0.1) is 0 Å². The molecule has 0 radical (unpaired) electrons. The number of carbonyl (C=O) groups is 2. The lowest BCUT2D eigenvalue weighted by Gasteiger charge is -2.44. The molecule has 38 heavy (non-hydrogen) atoms. The van der Waals surface area contributed by atoms with E-state index in [0.29, 0.717) is 24.8 Å². The maximum Gasteiger partial charge on any atom is 0.233 e. The average molecular weight is 584 g/mol. The van der Waals surface area contributed by atoms with Crippen molar-refractivity contribution < 1.29 is 24.5 Å². The van der Waals surface area contributed by atoms with Crippen LogP contribution < -0.4 is 0 Å². The quantitative estimate of drug-likeness (QED) is 0.500. The van der Waals surface area contributed by atoms with Gasteiger partial charge in [-0.25, -0.2) is 0 Å². The first kappa shape index (κ1) is 26.0. The topological polar surface area (TPSA) is 90.3 Å². The van der Waals surface area contributed by atoms with Gasteiger partial charge in [0.1, 0.15) is 5.75 Å². The summed E-state index contributed by atoms with van der Waals surface area (Å²) in [7, 11) is 0. The fraction of sp³-hybridized carbons (Fsp3) is 0.533. The second-order valence-electron chi connectivity index (χ2n) is 11.4. The normalized spacial score (nSPS) is 34.0. The van der Waals surface area contributed by atoms with Crippen LogP contribution in [0.1, 0.15) is 56.3 Å². The third-order valence-electron chi connectivity index (χ3n) is 9.40. The first-order valence-electron chi connectivity index (χ1n) is 13.8. The number of rotatable bonds is 5. The van der Waals surface area contributed by atoms with Crippen molar-refractivity contribution in [3.63, 3.8) is 0 Å². The zero-order valence-electron chi connectivity index (χ0n) is 21.6. The molecule has 1 saturated carbocycles. The minimum Gasteiger partial charge on any atom is -0.508 e. The predicted molar refractivity (Wildman–Crippen MR) is 145 cm³/mol. The largest absolute Gasteiger partial charge is 0.508 e. The lowest BCUT2D eigenvalue weighted by atomic mass is 9.64. The Morgan fingerprint density at radius 2 is 1.79 bits per heavy atom. The van der Waals surface area contributed by atoms with E-state index in [1.54, 1.807) is 23.1 Å². The number of aromatic hydroxyl groups is 1. The van der Waals surface area contributed by atoms with Crippen LogP contribution in [0.15, 0.2) is 53.0 Å². The van der Waals surface area contributed by atoms with Crippen LogP contribution in [0, 0.1) is 23.7 Å². The highest BCUT2D eigenvalue weighted by Gasteiger charge is 2.67. The van der Waals surface area contributed by atoms with Crippen molar-refractivity contribution in [2.75, 3.05) is 13.1 Å². The lowest BCUT2D eigenvalue weighted by molar-refractivity contribution is -0.269. The highest BCUT2D eigenvalue weighted by molar-refractivity contribution is 9.10. The Labute approximate surface area is 231 Å². The molecule has 202 valence electrons. The molecule has 2 aromatic carbocycles. The van der Waals surface area contributed by atoms with Crippen LogP contribution in [0.3, 0.4) is 0 Å². The summed E-state index contributed by atoms with van der Waals surface area (Å²) >= 11 is 3.46. The van der Waals surface area contributed by atoms with E-state index in [1.165, 1.54) is 5.56 Å². The van der Waals surface area contributed by atoms with E-state index in [-0.39, 0.29) is 29.5 Å². The second-order valence-corrected chi connectivity index (χ2v) is 12.3. The van der Waals surface area contributed by atoms with Crippen molar-refractivity contribution >= 4 is 27.7 Å². The molecule has 2 amide bonds. The van der Waals surface area contributed by atoms with Gasteiger partial charge < -0.3 is 14.9 Å². The molecule has 0 bridgehead atoms. The van der Waals surface area contributed by atoms with Crippen molar-refractivity contribution in [3.05, 3.63) is 64.1 Å². The summed E-state index contributed by atoms with van der Waals surface area (Å²) in [6.45, 7) is 4.54. The average Bonchev–Trinajstić information content (AvgIpc) is 3.39. The number of amides is 2.